The molecule has 0 atom stereocenters. The van der Waals surface area contributed by atoms with E-state index in [2.05, 4.69) is 41.8 Å². The number of hydrogen-bond acceptors (Lipinski definition) is 0. The highest BCUT2D eigenvalue weighted by Crippen LogP contribution is 2.20. The van der Waals surface area contributed by atoms with Crippen LogP contribution in [0.5, 0.6) is 0 Å². The van der Waals surface area contributed by atoms with E-state index in [4.69, 9.17) is 0 Å². The van der Waals surface area contributed by atoms with Gasteiger partial charge in [0, 0.05) is 0 Å². The van der Waals surface area contributed by atoms with Crippen LogP contribution in [0.25, 0.3) is 0 Å². The first-order valence-corrected chi connectivity index (χ1v) is 7.14. The fourth-order valence-corrected chi connectivity index (χ4v) is 1.80. The lowest BCUT2D eigenvalue weighted by Gasteiger charge is -2.42. The van der Waals surface area contributed by atoms with E-state index in [1.807, 2.05) is 0 Å². The summed E-state index contributed by atoms with van der Waals surface area (Å²) in [6.45, 7) is 10.6. The van der Waals surface area contributed by atoms with Crippen LogP contribution in [0.2, 0.25) is 0 Å². The maximum atomic E-state index is 2.36. The van der Waals surface area contributed by atoms with E-state index >= 15 is 0 Å². The smallest absolute Gasteiger partial charge is 0.0903 e. The Kier molecular flexibility index (Phi) is 7.30. The summed E-state index contributed by atoms with van der Waals surface area (Å²) in [5, 5.41) is 0. The maximum absolute atomic E-state index is 2.36. The molecule has 0 spiro atoms. The van der Waals surface area contributed by atoms with Gasteiger partial charge in [-0.05, 0) is 33.6 Å². The van der Waals surface area contributed by atoms with E-state index in [1.165, 1.54) is 51.5 Å². The first kappa shape index (κ1) is 16.0. The summed E-state index contributed by atoms with van der Waals surface area (Å²) in [5.74, 6) is 0. The molecule has 0 radical (unpaired) electrons. The van der Waals surface area contributed by atoms with Crippen LogP contribution in [0.4, 0.5) is 0 Å². The highest BCUT2D eigenvalue weighted by atomic mass is 15.4. The zero-order valence-corrected chi connectivity index (χ0v) is 12.6. The highest BCUT2D eigenvalue weighted by Gasteiger charge is 2.30. The zero-order chi connectivity index (χ0) is 12.7. The summed E-state index contributed by atoms with van der Waals surface area (Å²) < 4.78 is 1.14. The Hall–Kier alpha value is -0.0400. The number of nitrogens with zero attached hydrogens (tertiary/aromatic N) is 1. The molecule has 1 heteroatoms. The van der Waals surface area contributed by atoms with Gasteiger partial charge in [-0.2, -0.15) is 0 Å². The standard InChI is InChI=1S/C15H34N/c1-7-8-9-10-11-12-13-14-16(5,6)15(2,3)4/h7-14H2,1-6H3/q+1. The van der Waals surface area contributed by atoms with Gasteiger partial charge in [-0.3, -0.25) is 0 Å². The van der Waals surface area contributed by atoms with Crippen molar-refractivity contribution in [3.63, 3.8) is 0 Å². The molecule has 1 nitrogen and oxygen atoms in total. The van der Waals surface area contributed by atoms with Crippen LogP contribution in [0.15, 0.2) is 0 Å². The molecule has 0 aromatic carbocycles. The van der Waals surface area contributed by atoms with Gasteiger partial charge < -0.3 is 4.48 Å². The predicted molar refractivity (Wildman–Crippen MR) is 74.7 cm³/mol. The van der Waals surface area contributed by atoms with Gasteiger partial charge in [-0.1, -0.05) is 39.0 Å². The summed E-state index contributed by atoms with van der Waals surface area (Å²) in [4.78, 5) is 0. The SMILES string of the molecule is CCCCCCCCC[N+](C)(C)C(C)(C)C. The first-order chi connectivity index (χ1) is 7.31. The second-order valence-corrected chi connectivity index (χ2v) is 6.70. The summed E-state index contributed by atoms with van der Waals surface area (Å²) in [5.41, 5.74) is 0.377. The molecule has 0 heterocycles. The average molecular weight is 228 g/mol. The van der Waals surface area contributed by atoms with Gasteiger partial charge in [0.1, 0.15) is 0 Å². The zero-order valence-electron chi connectivity index (χ0n) is 12.6. The lowest BCUT2D eigenvalue weighted by molar-refractivity contribution is -0.935. The molecule has 0 rings (SSSR count). The van der Waals surface area contributed by atoms with Crippen LogP contribution < -0.4 is 0 Å². The molecule has 0 fully saturated rings. The molecule has 0 saturated carbocycles. The Morgan fingerprint density at radius 1 is 0.750 bits per heavy atom. The molecular weight excluding hydrogens is 194 g/mol. The van der Waals surface area contributed by atoms with Gasteiger partial charge in [0.2, 0.25) is 0 Å². The Labute approximate surface area is 104 Å². The molecular formula is C15H34N+. The average Bonchev–Trinajstić information content (AvgIpc) is 2.14. The minimum Gasteiger partial charge on any atom is -0.324 e. The normalized spacial score (nSPS) is 13.1. The summed E-state index contributed by atoms with van der Waals surface area (Å²) in [6.07, 6.45) is 9.89. The second-order valence-electron chi connectivity index (χ2n) is 6.70. The van der Waals surface area contributed by atoms with E-state index in [-0.39, 0.29) is 0 Å². The largest absolute Gasteiger partial charge is 0.324 e. The third-order valence-corrected chi connectivity index (χ3v) is 4.14. The van der Waals surface area contributed by atoms with Gasteiger partial charge in [0.05, 0.1) is 26.2 Å². The third-order valence-electron chi connectivity index (χ3n) is 4.14. The van der Waals surface area contributed by atoms with Crippen molar-refractivity contribution in [3.05, 3.63) is 0 Å². The topological polar surface area (TPSA) is 0 Å². The van der Waals surface area contributed by atoms with Crippen molar-refractivity contribution in [2.24, 2.45) is 0 Å². The van der Waals surface area contributed by atoms with Crippen LogP contribution in [-0.4, -0.2) is 30.7 Å². The van der Waals surface area contributed by atoms with Crippen LogP contribution in [0.1, 0.15) is 72.6 Å². The number of rotatable bonds is 8. The van der Waals surface area contributed by atoms with E-state index < -0.39 is 0 Å². The Morgan fingerprint density at radius 3 is 1.62 bits per heavy atom. The van der Waals surface area contributed by atoms with Gasteiger partial charge in [0.25, 0.3) is 0 Å². The fourth-order valence-electron chi connectivity index (χ4n) is 1.80. The molecule has 0 amide bonds. The van der Waals surface area contributed by atoms with Crippen LogP contribution in [0, 0.1) is 0 Å². The molecule has 0 aromatic rings. The molecule has 0 aliphatic rings. The van der Waals surface area contributed by atoms with Crippen molar-refractivity contribution in [1.29, 1.82) is 0 Å². The molecule has 98 valence electrons. The van der Waals surface area contributed by atoms with Crippen LogP contribution in [-0.2, 0) is 0 Å². The Balaban J connectivity index is 3.51. The highest BCUT2D eigenvalue weighted by molar-refractivity contribution is 4.60. The molecule has 0 aliphatic heterocycles. The summed E-state index contributed by atoms with van der Waals surface area (Å²) in [7, 11) is 4.72. The van der Waals surface area contributed by atoms with E-state index in [1.54, 1.807) is 0 Å². The molecule has 0 saturated heterocycles. The minimum atomic E-state index is 0.377. The predicted octanol–water partition coefficient (Wildman–Crippen LogP) is 4.61. The third kappa shape index (κ3) is 6.52. The van der Waals surface area contributed by atoms with E-state index in [0.717, 1.165) is 4.48 Å². The second kappa shape index (κ2) is 7.32. The summed E-state index contributed by atoms with van der Waals surface area (Å²) >= 11 is 0. The quantitative estimate of drug-likeness (QED) is 0.420. The number of quaternary nitrogens is 1. The van der Waals surface area contributed by atoms with Crippen LogP contribution >= 0.6 is 0 Å². The van der Waals surface area contributed by atoms with Gasteiger partial charge in [0.15, 0.2) is 0 Å². The Bertz CT molecular complexity index is 165. The lowest BCUT2D eigenvalue weighted by atomic mass is 10.0. The molecule has 0 aliphatic carbocycles. The molecule has 0 bridgehead atoms. The monoisotopic (exact) mass is 228 g/mol. The van der Waals surface area contributed by atoms with E-state index in [0.29, 0.717) is 5.54 Å². The van der Waals surface area contributed by atoms with Crippen molar-refractivity contribution in [2.75, 3.05) is 20.6 Å². The van der Waals surface area contributed by atoms with Gasteiger partial charge >= 0.3 is 0 Å². The van der Waals surface area contributed by atoms with Crippen LogP contribution in [0.3, 0.4) is 0 Å². The van der Waals surface area contributed by atoms with Gasteiger partial charge in [-0.25, -0.2) is 0 Å². The molecule has 0 N–H and O–H groups in total. The van der Waals surface area contributed by atoms with Crippen molar-refractivity contribution >= 4 is 0 Å². The number of unbranched alkanes of at least 4 members (excludes halogenated alkanes) is 6. The molecule has 16 heavy (non-hydrogen) atoms. The van der Waals surface area contributed by atoms with Crippen molar-refractivity contribution in [2.45, 2.75) is 78.2 Å². The summed E-state index contributed by atoms with van der Waals surface area (Å²) in [6, 6.07) is 0. The molecule has 0 aromatic heterocycles. The lowest BCUT2D eigenvalue weighted by Crippen LogP contribution is -2.54. The minimum absolute atomic E-state index is 0.377. The van der Waals surface area contributed by atoms with Crippen molar-refractivity contribution < 1.29 is 4.48 Å². The Morgan fingerprint density at radius 2 is 1.19 bits per heavy atom. The number of hydrogen-bond donors (Lipinski definition) is 0. The first-order valence-electron chi connectivity index (χ1n) is 7.14. The fraction of sp³-hybridized carbons (Fsp3) is 1.00. The van der Waals surface area contributed by atoms with Crippen molar-refractivity contribution in [3.8, 4) is 0 Å². The van der Waals surface area contributed by atoms with E-state index in [9.17, 15) is 0 Å². The maximum Gasteiger partial charge on any atom is 0.0903 e. The van der Waals surface area contributed by atoms with Crippen molar-refractivity contribution in [1.82, 2.24) is 0 Å². The molecule has 0 unspecified atom stereocenters. The van der Waals surface area contributed by atoms with Gasteiger partial charge in [-0.15, -0.1) is 0 Å².